The molecule has 26 heavy (non-hydrogen) atoms. The fraction of sp³-hybridized carbons (Fsp3) is 0.364. The number of rotatable bonds is 5. The first kappa shape index (κ1) is 18.3. The van der Waals surface area contributed by atoms with E-state index in [0.717, 1.165) is 11.1 Å². The molecule has 0 aromatic heterocycles. The van der Waals surface area contributed by atoms with Crippen molar-refractivity contribution in [2.75, 3.05) is 13.2 Å². The van der Waals surface area contributed by atoms with Gasteiger partial charge in [-0.3, -0.25) is 9.59 Å². The van der Waals surface area contributed by atoms with Crippen LogP contribution in [-0.4, -0.2) is 29.9 Å². The lowest BCUT2D eigenvalue weighted by Gasteiger charge is -2.47. The number of hydrogen-bond donors (Lipinski definition) is 1. The molecule has 0 saturated heterocycles. The monoisotopic (exact) mass is 352 g/mol. The molecule has 0 radical (unpaired) electrons. The summed E-state index contributed by atoms with van der Waals surface area (Å²) in [5.41, 5.74) is 1.41. The maximum Gasteiger partial charge on any atom is 0.163 e. The molecule has 2 aliphatic carbocycles. The molecule has 0 aliphatic heterocycles. The van der Waals surface area contributed by atoms with E-state index in [1.807, 2.05) is 37.3 Å². The maximum atomic E-state index is 13.1. The number of ether oxygens (including phenoxy) is 1. The summed E-state index contributed by atoms with van der Waals surface area (Å²) >= 11 is 0. The fourth-order valence-electron chi connectivity index (χ4n) is 4.27. The van der Waals surface area contributed by atoms with Crippen LogP contribution in [-0.2, 0) is 9.59 Å². The summed E-state index contributed by atoms with van der Waals surface area (Å²) in [6.07, 6.45) is 5.79. The summed E-state index contributed by atoms with van der Waals surface area (Å²) in [4.78, 5) is 25.9. The third-order valence-corrected chi connectivity index (χ3v) is 5.64. The Morgan fingerprint density at radius 3 is 2.77 bits per heavy atom. The largest absolute Gasteiger partial charge is 0.491 e. The number of hydrogen-bond acceptors (Lipinski definition) is 4. The second kappa shape index (κ2) is 7.04. The van der Waals surface area contributed by atoms with E-state index in [1.54, 1.807) is 13.0 Å². The zero-order valence-corrected chi connectivity index (χ0v) is 15.2. The van der Waals surface area contributed by atoms with E-state index in [1.165, 1.54) is 6.08 Å². The van der Waals surface area contributed by atoms with Crippen LogP contribution in [0.2, 0.25) is 0 Å². The number of allylic oxidation sites excluding steroid dienone is 5. The molecule has 1 N–H and O–H groups in total. The van der Waals surface area contributed by atoms with Crippen LogP contribution in [0.1, 0.15) is 31.7 Å². The van der Waals surface area contributed by atoms with Crippen LogP contribution in [0.4, 0.5) is 0 Å². The van der Waals surface area contributed by atoms with Crippen molar-refractivity contribution >= 4 is 11.6 Å². The van der Waals surface area contributed by atoms with Crippen molar-refractivity contribution in [2.45, 2.75) is 26.2 Å². The van der Waals surface area contributed by atoms with E-state index in [9.17, 15) is 9.59 Å². The van der Waals surface area contributed by atoms with Crippen molar-refractivity contribution in [3.05, 3.63) is 65.8 Å². The topological polar surface area (TPSA) is 63.6 Å². The molecule has 3 atom stereocenters. The summed E-state index contributed by atoms with van der Waals surface area (Å²) in [5.74, 6) is -0.0963. The molecule has 1 aromatic rings. The smallest absolute Gasteiger partial charge is 0.163 e. The Hall–Kier alpha value is -2.46. The summed E-state index contributed by atoms with van der Waals surface area (Å²) in [5, 5.41) is 9.11. The van der Waals surface area contributed by atoms with Gasteiger partial charge < -0.3 is 9.84 Å². The summed E-state index contributed by atoms with van der Waals surface area (Å²) in [6.45, 7) is 7.58. The molecule has 4 nitrogen and oxygen atoms in total. The van der Waals surface area contributed by atoms with Crippen LogP contribution in [0.15, 0.2) is 60.2 Å². The second-order valence-electron chi connectivity index (χ2n) is 7.08. The van der Waals surface area contributed by atoms with Gasteiger partial charge in [0.25, 0.3) is 0 Å². The van der Waals surface area contributed by atoms with Gasteiger partial charge in [0.2, 0.25) is 0 Å². The van der Waals surface area contributed by atoms with Gasteiger partial charge in [-0.2, -0.15) is 0 Å². The highest BCUT2D eigenvalue weighted by molar-refractivity contribution is 6.13. The third kappa shape index (κ3) is 2.74. The number of aliphatic hydroxyl groups excluding tert-OH is 1. The van der Waals surface area contributed by atoms with Gasteiger partial charge in [-0.15, -0.1) is 0 Å². The van der Waals surface area contributed by atoms with Crippen molar-refractivity contribution in [2.24, 2.45) is 11.3 Å². The van der Waals surface area contributed by atoms with Crippen LogP contribution in [0, 0.1) is 11.3 Å². The zero-order chi connectivity index (χ0) is 18.9. The number of ketones is 2. The molecular weight excluding hydrogens is 328 g/mol. The number of para-hydroxylation sites is 1. The number of Topliss-reactive ketones (excluding diaryl/α,β-unsaturated/α-hetero) is 1. The van der Waals surface area contributed by atoms with E-state index in [4.69, 9.17) is 9.84 Å². The molecule has 4 heteroatoms. The molecule has 0 spiro atoms. The van der Waals surface area contributed by atoms with E-state index < -0.39 is 5.41 Å². The Balaban J connectivity index is 2.19. The Labute approximate surface area is 153 Å². The Kier molecular flexibility index (Phi) is 4.97. The summed E-state index contributed by atoms with van der Waals surface area (Å²) in [7, 11) is 0. The van der Waals surface area contributed by atoms with Gasteiger partial charge in [0.05, 0.1) is 12.0 Å². The van der Waals surface area contributed by atoms with Gasteiger partial charge in [-0.1, -0.05) is 43.9 Å². The standard InChI is InChI=1S/C22H24O4/c1-4-15-9-10-17-21(25)14(2)13-19(24)22(17,3)20(15)16-7-5-6-8-18(16)26-12-11-23/h4-9,13,17,20,23H,1,10-12H2,2-3H3/t17-,20+,22-/m0/s1. The van der Waals surface area contributed by atoms with Crippen molar-refractivity contribution < 1.29 is 19.4 Å². The van der Waals surface area contributed by atoms with E-state index in [-0.39, 0.29) is 36.6 Å². The molecule has 0 saturated carbocycles. The highest BCUT2D eigenvalue weighted by Crippen LogP contribution is 2.55. The summed E-state index contributed by atoms with van der Waals surface area (Å²) in [6, 6.07) is 7.50. The molecule has 2 aliphatic rings. The number of carbonyl (C=O) groups is 2. The lowest BCUT2D eigenvalue weighted by Crippen LogP contribution is -2.49. The van der Waals surface area contributed by atoms with E-state index in [0.29, 0.717) is 17.7 Å². The lowest BCUT2D eigenvalue weighted by molar-refractivity contribution is -0.137. The van der Waals surface area contributed by atoms with Gasteiger partial charge >= 0.3 is 0 Å². The Morgan fingerprint density at radius 2 is 2.08 bits per heavy atom. The molecule has 0 heterocycles. The first-order valence-corrected chi connectivity index (χ1v) is 8.87. The average Bonchev–Trinajstić information content (AvgIpc) is 2.64. The quantitative estimate of drug-likeness (QED) is 0.882. The van der Waals surface area contributed by atoms with Gasteiger partial charge in [-0.05, 0) is 36.6 Å². The molecule has 3 rings (SSSR count). The first-order chi connectivity index (χ1) is 12.4. The number of aliphatic hydroxyl groups is 1. The number of carbonyl (C=O) groups excluding carboxylic acids is 2. The predicted molar refractivity (Wildman–Crippen MR) is 100 cm³/mol. The minimum Gasteiger partial charge on any atom is -0.491 e. The van der Waals surface area contributed by atoms with Crippen LogP contribution in [0.5, 0.6) is 5.75 Å². The first-order valence-electron chi connectivity index (χ1n) is 8.87. The van der Waals surface area contributed by atoms with Gasteiger partial charge in [-0.25, -0.2) is 0 Å². The molecule has 0 bridgehead atoms. The molecule has 0 fully saturated rings. The van der Waals surface area contributed by atoms with Crippen molar-refractivity contribution in [3.63, 3.8) is 0 Å². The van der Waals surface area contributed by atoms with Crippen LogP contribution in [0.25, 0.3) is 0 Å². The molecule has 0 unspecified atom stereocenters. The second-order valence-corrected chi connectivity index (χ2v) is 7.08. The maximum absolute atomic E-state index is 13.1. The minimum atomic E-state index is -0.881. The molecule has 1 aromatic carbocycles. The highest BCUT2D eigenvalue weighted by atomic mass is 16.5. The van der Waals surface area contributed by atoms with Crippen LogP contribution < -0.4 is 4.74 Å². The zero-order valence-electron chi connectivity index (χ0n) is 15.2. The SMILES string of the molecule is C=CC1=CC[C@H]2C(=O)C(C)=CC(=O)[C@@]2(C)[C@H]1c1ccccc1OCCO. The minimum absolute atomic E-state index is 0.0326. The normalized spacial score (nSPS) is 28.1. The Morgan fingerprint density at radius 1 is 1.35 bits per heavy atom. The van der Waals surface area contributed by atoms with E-state index >= 15 is 0 Å². The fourth-order valence-corrected chi connectivity index (χ4v) is 4.27. The third-order valence-electron chi connectivity index (χ3n) is 5.64. The lowest BCUT2D eigenvalue weighted by atomic mass is 9.53. The molecule has 136 valence electrons. The predicted octanol–water partition coefficient (Wildman–Crippen LogP) is 3.38. The van der Waals surface area contributed by atoms with Crippen molar-refractivity contribution in [1.29, 1.82) is 0 Å². The van der Waals surface area contributed by atoms with Gasteiger partial charge in [0.15, 0.2) is 11.6 Å². The molecule has 0 amide bonds. The Bertz CT molecular complexity index is 817. The number of fused-ring (bicyclic) bond motifs is 1. The van der Waals surface area contributed by atoms with Crippen molar-refractivity contribution in [3.8, 4) is 5.75 Å². The van der Waals surface area contributed by atoms with Gasteiger partial charge in [0, 0.05) is 17.4 Å². The molecular formula is C22H24O4. The van der Waals surface area contributed by atoms with Crippen LogP contribution in [0.3, 0.4) is 0 Å². The average molecular weight is 352 g/mol. The summed E-state index contributed by atoms with van der Waals surface area (Å²) < 4.78 is 5.72. The van der Waals surface area contributed by atoms with Gasteiger partial charge in [0.1, 0.15) is 12.4 Å². The highest BCUT2D eigenvalue weighted by Gasteiger charge is 2.55. The van der Waals surface area contributed by atoms with Crippen molar-refractivity contribution in [1.82, 2.24) is 0 Å². The van der Waals surface area contributed by atoms with E-state index in [2.05, 4.69) is 6.58 Å². The van der Waals surface area contributed by atoms with Crippen LogP contribution >= 0.6 is 0 Å². The number of benzene rings is 1.